The Kier molecular flexibility index (Phi) is 6.84. The summed E-state index contributed by atoms with van der Waals surface area (Å²) in [5.74, 6) is 0.298. The van der Waals surface area contributed by atoms with Crippen LogP contribution < -0.4 is 5.32 Å². The number of urea groups is 1. The van der Waals surface area contributed by atoms with Crippen LogP contribution in [-0.4, -0.2) is 55.1 Å². The van der Waals surface area contributed by atoms with Crippen LogP contribution in [0.1, 0.15) is 25.8 Å². The number of hydrogen-bond acceptors (Lipinski definition) is 2. The molecule has 2 rings (SSSR count). The molecule has 1 fully saturated rings. The van der Waals surface area contributed by atoms with Gasteiger partial charge in [-0.05, 0) is 43.0 Å². The molecule has 0 radical (unpaired) electrons. The quantitative estimate of drug-likeness (QED) is 0.874. The first kappa shape index (κ1) is 17.7. The molecule has 1 saturated heterocycles. The monoisotopic (exact) mass is 321 g/mol. The molecule has 0 saturated carbocycles. The van der Waals surface area contributed by atoms with Crippen molar-refractivity contribution in [2.45, 2.75) is 26.7 Å². The largest absolute Gasteiger partial charge is 0.338 e. The third-order valence-corrected chi connectivity index (χ3v) is 4.17. The van der Waals surface area contributed by atoms with E-state index in [9.17, 15) is 9.18 Å². The summed E-state index contributed by atoms with van der Waals surface area (Å²) in [5, 5.41) is 2.97. The maximum Gasteiger partial charge on any atom is 0.317 e. The van der Waals surface area contributed by atoms with Crippen molar-refractivity contribution >= 4 is 6.03 Å². The minimum absolute atomic E-state index is 0.0599. The standard InChI is InChI=1S/C18H28FN3O/c1-15(2)14-20-18(23)22-12-10-21(11-13-22)9-3-4-16-5-7-17(19)8-6-16/h5-8,15H,3-4,9-14H2,1-2H3,(H,20,23). The first-order chi connectivity index (χ1) is 11.0. The van der Waals surface area contributed by atoms with Crippen molar-refractivity contribution in [3.8, 4) is 0 Å². The Balaban J connectivity index is 1.62. The van der Waals surface area contributed by atoms with Crippen molar-refractivity contribution in [3.63, 3.8) is 0 Å². The van der Waals surface area contributed by atoms with Gasteiger partial charge in [-0.25, -0.2) is 9.18 Å². The van der Waals surface area contributed by atoms with Gasteiger partial charge in [0, 0.05) is 32.7 Å². The topological polar surface area (TPSA) is 35.6 Å². The Morgan fingerprint density at radius 3 is 2.43 bits per heavy atom. The first-order valence-electron chi connectivity index (χ1n) is 8.54. The zero-order valence-electron chi connectivity index (χ0n) is 14.2. The molecule has 0 spiro atoms. The molecular formula is C18H28FN3O. The van der Waals surface area contributed by atoms with Crippen LogP contribution in [0.5, 0.6) is 0 Å². The predicted molar refractivity (Wildman–Crippen MR) is 91.0 cm³/mol. The van der Waals surface area contributed by atoms with Crippen molar-refractivity contribution in [1.82, 2.24) is 15.1 Å². The second kappa shape index (κ2) is 8.87. The fourth-order valence-electron chi connectivity index (χ4n) is 2.74. The minimum Gasteiger partial charge on any atom is -0.338 e. The molecule has 1 aliphatic rings. The SMILES string of the molecule is CC(C)CNC(=O)N1CCN(CCCc2ccc(F)cc2)CC1. The Labute approximate surface area is 138 Å². The van der Waals surface area contributed by atoms with Crippen LogP contribution in [-0.2, 0) is 6.42 Å². The van der Waals surface area contributed by atoms with E-state index in [-0.39, 0.29) is 11.8 Å². The molecule has 2 amide bonds. The van der Waals surface area contributed by atoms with Gasteiger partial charge in [0.2, 0.25) is 0 Å². The molecule has 4 nitrogen and oxygen atoms in total. The number of hydrogen-bond donors (Lipinski definition) is 1. The van der Waals surface area contributed by atoms with Crippen LogP contribution in [0, 0.1) is 11.7 Å². The van der Waals surface area contributed by atoms with Crippen molar-refractivity contribution in [1.29, 1.82) is 0 Å². The lowest BCUT2D eigenvalue weighted by Crippen LogP contribution is -2.52. The summed E-state index contributed by atoms with van der Waals surface area (Å²) in [6.45, 7) is 9.40. The average Bonchev–Trinajstić information content (AvgIpc) is 2.55. The fourth-order valence-corrected chi connectivity index (χ4v) is 2.74. The number of carbonyl (C=O) groups is 1. The van der Waals surface area contributed by atoms with Gasteiger partial charge in [0.05, 0.1) is 0 Å². The lowest BCUT2D eigenvalue weighted by molar-refractivity contribution is 0.138. The molecule has 1 N–H and O–H groups in total. The molecule has 128 valence electrons. The zero-order chi connectivity index (χ0) is 16.7. The number of amides is 2. The van der Waals surface area contributed by atoms with Gasteiger partial charge < -0.3 is 10.2 Å². The highest BCUT2D eigenvalue weighted by Gasteiger charge is 2.20. The van der Waals surface area contributed by atoms with Crippen LogP contribution in [0.4, 0.5) is 9.18 Å². The third-order valence-electron chi connectivity index (χ3n) is 4.17. The van der Waals surface area contributed by atoms with Crippen LogP contribution in [0.3, 0.4) is 0 Å². The van der Waals surface area contributed by atoms with Crippen LogP contribution in [0.15, 0.2) is 24.3 Å². The maximum absolute atomic E-state index is 12.9. The lowest BCUT2D eigenvalue weighted by atomic mass is 10.1. The van der Waals surface area contributed by atoms with E-state index in [1.807, 2.05) is 17.0 Å². The molecule has 1 aromatic carbocycles. The predicted octanol–water partition coefficient (Wildman–Crippen LogP) is 2.74. The molecule has 0 aromatic heterocycles. The number of piperazine rings is 1. The number of rotatable bonds is 6. The fraction of sp³-hybridized carbons (Fsp3) is 0.611. The van der Waals surface area contributed by atoms with E-state index in [1.54, 1.807) is 0 Å². The summed E-state index contributed by atoms with van der Waals surface area (Å²) in [7, 11) is 0. The Bertz CT molecular complexity index is 482. The highest BCUT2D eigenvalue weighted by molar-refractivity contribution is 5.74. The number of benzene rings is 1. The van der Waals surface area contributed by atoms with Crippen molar-refractivity contribution < 1.29 is 9.18 Å². The Morgan fingerprint density at radius 2 is 1.83 bits per heavy atom. The number of nitrogens with zero attached hydrogens (tertiary/aromatic N) is 2. The second-order valence-corrected chi connectivity index (χ2v) is 6.64. The average molecular weight is 321 g/mol. The molecule has 0 aliphatic carbocycles. The highest BCUT2D eigenvalue weighted by atomic mass is 19.1. The van der Waals surface area contributed by atoms with Gasteiger partial charge in [-0.2, -0.15) is 0 Å². The summed E-state index contributed by atoms with van der Waals surface area (Å²) >= 11 is 0. The van der Waals surface area contributed by atoms with Gasteiger partial charge >= 0.3 is 6.03 Å². The molecular weight excluding hydrogens is 293 g/mol. The summed E-state index contributed by atoms with van der Waals surface area (Å²) in [6, 6.07) is 6.80. The molecule has 1 aromatic rings. The maximum atomic E-state index is 12.9. The lowest BCUT2D eigenvalue weighted by Gasteiger charge is -2.34. The van der Waals surface area contributed by atoms with E-state index in [1.165, 1.54) is 17.7 Å². The van der Waals surface area contributed by atoms with E-state index in [0.29, 0.717) is 5.92 Å². The molecule has 23 heavy (non-hydrogen) atoms. The van der Waals surface area contributed by atoms with E-state index in [4.69, 9.17) is 0 Å². The summed E-state index contributed by atoms with van der Waals surface area (Å²) in [4.78, 5) is 16.3. The Hall–Kier alpha value is -1.62. The second-order valence-electron chi connectivity index (χ2n) is 6.64. The zero-order valence-corrected chi connectivity index (χ0v) is 14.2. The van der Waals surface area contributed by atoms with Gasteiger partial charge in [-0.3, -0.25) is 4.90 Å². The van der Waals surface area contributed by atoms with E-state index >= 15 is 0 Å². The highest BCUT2D eigenvalue weighted by Crippen LogP contribution is 2.08. The smallest absolute Gasteiger partial charge is 0.317 e. The minimum atomic E-state index is -0.180. The Morgan fingerprint density at radius 1 is 1.17 bits per heavy atom. The van der Waals surface area contributed by atoms with Gasteiger partial charge in [0.15, 0.2) is 0 Å². The number of aryl methyl sites for hydroxylation is 1. The first-order valence-corrected chi connectivity index (χ1v) is 8.54. The van der Waals surface area contributed by atoms with Crippen molar-refractivity contribution in [2.24, 2.45) is 5.92 Å². The number of nitrogens with one attached hydrogen (secondary N) is 1. The van der Waals surface area contributed by atoms with E-state index in [0.717, 1.165) is 52.1 Å². The van der Waals surface area contributed by atoms with Gasteiger partial charge in [0.25, 0.3) is 0 Å². The van der Waals surface area contributed by atoms with Crippen molar-refractivity contribution in [2.75, 3.05) is 39.3 Å². The normalized spacial score (nSPS) is 15.9. The molecule has 5 heteroatoms. The summed E-state index contributed by atoms with van der Waals surface area (Å²) in [5.41, 5.74) is 1.18. The molecule has 1 aliphatic heterocycles. The number of halogens is 1. The summed E-state index contributed by atoms with van der Waals surface area (Å²) in [6.07, 6.45) is 2.03. The third kappa shape index (κ3) is 6.18. The van der Waals surface area contributed by atoms with Gasteiger partial charge in [-0.15, -0.1) is 0 Å². The molecule has 0 bridgehead atoms. The summed E-state index contributed by atoms with van der Waals surface area (Å²) < 4.78 is 12.9. The number of carbonyl (C=O) groups excluding carboxylic acids is 1. The van der Waals surface area contributed by atoms with Gasteiger partial charge in [-0.1, -0.05) is 26.0 Å². The van der Waals surface area contributed by atoms with E-state index < -0.39 is 0 Å². The van der Waals surface area contributed by atoms with Gasteiger partial charge in [0.1, 0.15) is 5.82 Å². The van der Waals surface area contributed by atoms with Crippen LogP contribution >= 0.6 is 0 Å². The van der Waals surface area contributed by atoms with Crippen LogP contribution in [0.25, 0.3) is 0 Å². The molecule has 0 atom stereocenters. The van der Waals surface area contributed by atoms with Crippen molar-refractivity contribution in [3.05, 3.63) is 35.6 Å². The molecule has 1 heterocycles. The van der Waals surface area contributed by atoms with Crippen LogP contribution in [0.2, 0.25) is 0 Å². The van der Waals surface area contributed by atoms with E-state index in [2.05, 4.69) is 24.1 Å². The molecule has 0 unspecified atom stereocenters.